The highest BCUT2D eigenvalue weighted by molar-refractivity contribution is 5.82. The van der Waals surface area contributed by atoms with Crippen LogP contribution in [0.5, 0.6) is 0 Å². The summed E-state index contributed by atoms with van der Waals surface area (Å²) < 4.78 is 0. The summed E-state index contributed by atoms with van der Waals surface area (Å²) in [6, 6.07) is 9.02. The third-order valence-electron chi connectivity index (χ3n) is 3.06. The third-order valence-corrected chi connectivity index (χ3v) is 3.06. The fraction of sp³-hybridized carbons (Fsp3) is 0.357. The lowest BCUT2D eigenvalue weighted by Crippen LogP contribution is -2.52. The SMILES string of the molecule is CC(=O)ON1C(=O)CCN(C(C)=O)C1c1ccccc1. The normalized spacial score (nSPS) is 18.9. The number of amides is 2. The number of benzene rings is 1. The van der Waals surface area contributed by atoms with E-state index in [0.717, 1.165) is 10.6 Å². The zero-order chi connectivity index (χ0) is 14.7. The van der Waals surface area contributed by atoms with Gasteiger partial charge in [0, 0.05) is 26.8 Å². The number of carbonyl (C=O) groups excluding carboxylic acids is 3. The molecule has 1 atom stereocenters. The Morgan fingerprint density at radius 3 is 2.40 bits per heavy atom. The van der Waals surface area contributed by atoms with Crippen LogP contribution >= 0.6 is 0 Å². The van der Waals surface area contributed by atoms with Gasteiger partial charge < -0.3 is 9.74 Å². The molecule has 20 heavy (non-hydrogen) atoms. The molecule has 1 aliphatic heterocycles. The number of hydroxylamine groups is 2. The van der Waals surface area contributed by atoms with E-state index in [-0.39, 0.29) is 18.2 Å². The Hall–Kier alpha value is -2.37. The van der Waals surface area contributed by atoms with Crippen LogP contribution in [0.25, 0.3) is 0 Å². The lowest BCUT2D eigenvalue weighted by molar-refractivity contribution is -0.228. The highest BCUT2D eigenvalue weighted by atomic mass is 16.7. The van der Waals surface area contributed by atoms with E-state index in [1.165, 1.54) is 18.7 Å². The van der Waals surface area contributed by atoms with E-state index in [4.69, 9.17) is 4.84 Å². The highest BCUT2D eigenvalue weighted by Gasteiger charge is 2.38. The van der Waals surface area contributed by atoms with Gasteiger partial charge in [0.2, 0.25) is 5.91 Å². The molecule has 106 valence electrons. The van der Waals surface area contributed by atoms with Crippen LogP contribution in [0.3, 0.4) is 0 Å². The van der Waals surface area contributed by atoms with Gasteiger partial charge in [0.05, 0.1) is 0 Å². The minimum atomic E-state index is -0.709. The summed E-state index contributed by atoms with van der Waals surface area (Å²) in [5.41, 5.74) is 0.719. The van der Waals surface area contributed by atoms with E-state index in [0.29, 0.717) is 6.54 Å². The van der Waals surface area contributed by atoms with E-state index in [1.54, 1.807) is 24.3 Å². The quantitative estimate of drug-likeness (QED) is 0.815. The molecule has 0 aromatic heterocycles. The van der Waals surface area contributed by atoms with Gasteiger partial charge in [0.15, 0.2) is 6.17 Å². The molecule has 2 rings (SSSR count). The van der Waals surface area contributed by atoms with E-state index in [2.05, 4.69) is 0 Å². The van der Waals surface area contributed by atoms with Crippen molar-refractivity contribution in [1.82, 2.24) is 9.96 Å². The lowest BCUT2D eigenvalue weighted by atomic mass is 10.1. The highest BCUT2D eigenvalue weighted by Crippen LogP contribution is 2.30. The third kappa shape index (κ3) is 2.79. The minimum absolute atomic E-state index is 0.135. The fourth-order valence-corrected chi connectivity index (χ4v) is 2.22. The van der Waals surface area contributed by atoms with Crippen molar-refractivity contribution in [3.63, 3.8) is 0 Å². The molecule has 0 radical (unpaired) electrons. The maximum Gasteiger partial charge on any atom is 0.329 e. The van der Waals surface area contributed by atoms with Crippen molar-refractivity contribution in [3.05, 3.63) is 35.9 Å². The van der Waals surface area contributed by atoms with Gasteiger partial charge in [-0.3, -0.25) is 14.4 Å². The Morgan fingerprint density at radius 2 is 1.85 bits per heavy atom. The smallest absolute Gasteiger partial charge is 0.329 e. The van der Waals surface area contributed by atoms with Crippen LogP contribution in [-0.4, -0.2) is 34.3 Å². The monoisotopic (exact) mass is 276 g/mol. The van der Waals surface area contributed by atoms with Gasteiger partial charge in [-0.05, 0) is 5.56 Å². The standard InChI is InChI=1S/C14H16N2O4/c1-10(17)15-9-8-13(19)16(20-11(2)18)14(15)12-6-4-3-5-7-12/h3-7,14H,8-9H2,1-2H3. The van der Waals surface area contributed by atoms with E-state index >= 15 is 0 Å². The van der Waals surface area contributed by atoms with Crippen molar-refractivity contribution in [2.24, 2.45) is 0 Å². The van der Waals surface area contributed by atoms with Crippen LogP contribution in [0.4, 0.5) is 0 Å². The summed E-state index contributed by atoms with van der Waals surface area (Å²) in [5, 5.41) is 0.989. The molecular weight excluding hydrogens is 260 g/mol. The van der Waals surface area contributed by atoms with Gasteiger partial charge in [-0.15, -0.1) is 5.06 Å². The molecule has 6 nitrogen and oxygen atoms in total. The molecular formula is C14H16N2O4. The predicted octanol–water partition coefficient (Wildman–Crippen LogP) is 1.24. The first kappa shape index (κ1) is 14.0. The average Bonchev–Trinajstić information content (AvgIpc) is 2.41. The van der Waals surface area contributed by atoms with E-state index in [9.17, 15) is 14.4 Å². The molecule has 6 heteroatoms. The summed E-state index contributed by atoms with van der Waals surface area (Å²) >= 11 is 0. The lowest BCUT2D eigenvalue weighted by Gasteiger charge is -2.41. The Balaban J connectivity index is 2.41. The molecule has 0 N–H and O–H groups in total. The fourth-order valence-electron chi connectivity index (χ4n) is 2.22. The molecule has 2 amide bonds. The molecule has 1 aliphatic rings. The van der Waals surface area contributed by atoms with Crippen molar-refractivity contribution in [3.8, 4) is 0 Å². The Bertz CT molecular complexity index is 529. The van der Waals surface area contributed by atoms with Crippen molar-refractivity contribution >= 4 is 17.8 Å². The molecule has 0 bridgehead atoms. The second-order valence-corrected chi connectivity index (χ2v) is 4.55. The predicted molar refractivity (Wildman–Crippen MR) is 69.8 cm³/mol. The molecule has 1 unspecified atom stereocenters. The van der Waals surface area contributed by atoms with Gasteiger partial charge in [0.25, 0.3) is 5.91 Å². The van der Waals surface area contributed by atoms with Crippen molar-refractivity contribution in [2.75, 3.05) is 6.54 Å². The summed E-state index contributed by atoms with van der Waals surface area (Å²) in [5.74, 6) is -1.08. The first-order chi connectivity index (χ1) is 9.50. The van der Waals surface area contributed by atoms with E-state index in [1.807, 2.05) is 6.07 Å². The molecule has 1 aromatic rings. The summed E-state index contributed by atoms with van der Waals surface area (Å²) in [6.45, 7) is 2.96. The molecule has 1 aromatic carbocycles. The van der Waals surface area contributed by atoms with Crippen LogP contribution < -0.4 is 0 Å². The topological polar surface area (TPSA) is 66.9 Å². The van der Waals surface area contributed by atoms with Gasteiger partial charge in [0.1, 0.15) is 0 Å². The second-order valence-electron chi connectivity index (χ2n) is 4.55. The second kappa shape index (κ2) is 5.73. The number of hydrogen-bond acceptors (Lipinski definition) is 4. The van der Waals surface area contributed by atoms with Gasteiger partial charge in [-0.1, -0.05) is 30.3 Å². The number of nitrogens with zero attached hydrogens (tertiary/aromatic N) is 2. The molecule has 0 saturated carbocycles. The summed E-state index contributed by atoms with van der Waals surface area (Å²) in [6.07, 6.45) is -0.574. The molecule has 1 saturated heterocycles. The van der Waals surface area contributed by atoms with Crippen molar-refractivity contribution < 1.29 is 19.2 Å². The Labute approximate surface area is 116 Å². The summed E-state index contributed by atoms with van der Waals surface area (Å²) in [7, 11) is 0. The van der Waals surface area contributed by atoms with E-state index < -0.39 is 12.1 Å². The average molecular weight is 276 g/mol. The zero-order valence-corrected chi connectivity index (χ0v) is 11.4. The Kier molecular flexibility index (Phi) is 4.02. The first-order valence-electron chi connectivity index (χ1n) is 6.33. The van der Waals surface area contributed by atoms with Gasteiger partial charge in [-0.2, -0.15) is 0 Å². The van der Waals surface area contributed by atoms with Crippen LogP contribution in [-0.2, 0) is 19.2 Å². The molecule has 1 heterocycles. The van der Waals surface area contributed by atoms with Crippen LogP contribution in [0.15, 0.2) is 30.3 Å². The number of carbonyl (C=O) groups is 3. The van der Waals surface area contributed by atoms with Crippen LogP contribution in [0.2, 0.25) is 0 Å². The first-order valence-corrected chi connectivity index (χ1v) is 6.33. The number of rotatable bonds is 2. The van der Waals surface area contributed by atoms with Gasteiger partial charge >= 0.3 is 5.97 Å². The Morgan fingerprint density at radius 1 is 1.20 bits per heavy atom. The molecule has 0 aliphatic carbocycles. The number of hydrogen-bond donors (Lipinski definition) is 0. The summed E-state index contributed by atoms with van der Waals surface area (Å²) in [4.78, 5) is 41.5. The maximum absolute atomic E-state index is 12.0. The van der Waals surface area contributed by atoms with Crippen molar-refractivity contribution in [2.45, 2.75) is 26.4 Å². The molecule has 1 fully saturated rings. The largest absolute Gasteiger partial charge is 0.336 e. The van der Waals surface area contributed by atoms with Crippen LogP contribution in [0.1, 0.15) is 32.0 Å². The maximum atomic E-state index is 12.0. The van der Waals surface area contributed by atoms with Gasteiger partial charge in [-0.25, -0.2) is 0 Å². The molecule has 0 spiro atoms. The van der Waals surface area contributed by atoms with Crippen LogP contribution in [0, 0.1) is 0 Å². The van der Waals surface area contributed by atoms with Crippen molar-refractivity contribution in [1.29, 1.82) is 0 Å². The zero-order valence-electron chi connectivity index (χ0n) is 11.4. The minimum Gasteiger partial charge on any atom is -0.336 e.